The van der Waals surface area contributed by atoms with Crippen LogP contribution in [0.3, 0.4) is 0 Å². The number of benzene rings is 1. The Bertz CT molecular complexity index is 516. The number of rotatable bonds is 4. The van der Waals surface area contributed by atoms with E-state index < -0.39 is 0 Å². The summed E-state index contributed by atoms with van der Waals surface area (Å²) in [5.74, 6) is 0.835. The molecular weight excluding hydrogens is 314 g/mol. The number of furan rings is 1. The van der Waals surface area contributed by atoms with Gasteiger partial charge >= 0.3 is 0 Å². The van der Waals surface area contributed by atoms with Crippen LogP contribution < -0.4 is 16.2 Å². The average molecular weight is 326 g/mol. The monoisotopic (exact) mass is 325 g/mol. The zero-order valence-electron chi connectivity index (χ0n) is 9.44. The van der Waals surface area contributed by atoms with Gasteiger partial charge in [-0.05, 0) is 42.5 Å². The van der Waals surface area contributed by atoms with Crippen LogP contribution in [0.15, 0.2) is 51.6 Å². The maximum atomic E-state index is 5.19. The Morgan fingerprint density at radius 3 is 2.89 bits per heavy atom. The molecule has 94 valence electrons. The number of anilines is 1. The molecule has 2 rings (SSSR count). The fourth-order valence-corrected chi connectivity index (χ4v) is 1.84. The van der Waals surface area contributed by atoms with Crippen molar-refractivity contribution in [3.8, 4) is 0 Å². The van der Waals surface area contributed by atoms with Crippen LogP contribution in [0.4, 0.5) is 5.69 Å². The van der Waals surface area contributed by atoms with Gasteiger partial charge in [0.1, 0.15) is 5.76 Å². The minimum absolute atomic E-state index is 0.506. The highest BCUT2D eigenvalue weighted by atomic mass is 79.9. The van der Waals surface area contributed by atoms with Crippen molar-refractivity contribution in [1.29, 1.82) is 0 Å². The lowest BCUT2D eigenvalue weighted by atomic mass is 10.3. The lowest BCUT2D eigenvalue weighted by molar-refractivity contribution is 0.503. The van der Waals surface area contributed by atoms with Crippen LogP contribution >= 0.6 is 28.1 Å². The number of halogens is 1. The first-order valence-electron chi connectivity index (χ1n) is 5.32. The fraction of sp³-hybridized carbons (Fsp3) is 0.0833. The third-order valence-corrected chi connectivity index (χ3v) is 2.89. The molecule has 18 heavy (non-hydrogen) atoms. The molecule has 0 aliphatic heterocycles. The molecule has 0 saturated heterocycles. The molecule has 0 unspecified atom stereocenters. The molecule has 0 aliphatic carbocycles. The molecule has 1 aromatic heterocycles. The summed E-state index contributed by atoms with van der Waals surface area (Å²) in [6.07, 6.45) is 1.63. The van der Waals surface area contributed by atoms with Gasteiger partial charge in [0, 0.05) is 4.47 Å². The highest BCUT2D eigenvalue weighted by Gasteiger charge is 1.98. The summed E-state index contributed by atoms with van der Waals surface area (Å²) in [4.78, 5) is 0. The zero-order chi connectivity index (χ0) is 12.8. The van der Waals surface area contributed by atoms with E-state index in [-0.39, 0.29) is 0 Å². The van der Waals surface area contributed by atoms with E-state index >= 15 is 0 Å². The van der Waals surface area contributed by atoms with Crippen molar-refractivity contribution in [2.24, 2.45) is 0 Å². The summed E-state index contributed by atoms with van der Waals surface area (Å²) in [5, 5.41) is 3.53. The second-order valence-electron chi connectivity index (χ2n) is 3.52. The van der Waals surface area contributed by atoms with Crippen LogP contribution in [-0.4, -0.2) is 5.11 Å². The van der Waals surface area contributed by atoms with Crippen LogP contribution in [0.5, 0.6) is 0 Å². The molecule has 0 aliphatic rings. The lowest BCUT2D eigenvalue weighted by Gasteiger charge is -2.11. The summed E-state index contributed by atoms with van der Waals surface area (Å²) in [6, 6.07) is 11.5. The number of hydrogen-bond acceptors (Lipinski definition) is 3. The molecule has 2 aromatic rings. The number of hydrogen-bond donors (Lipinski definition) is 3. The second-order valence-corrected chi connectivity index (χ2v) is 4.85. The first kappa shape index (κ1) is 12.9. The normalized spacial score (nSPS) is 9.83. The van der Waals surface area contributed by atoms with Gasteiger partial charge in [0.25, 0.3) is 0 Å². The third kappa shape index (κ3) is 4.05. The SMILES string of the molecule is S=C(NCc1ccco1)NNc1cccc(Br)c1. The smallest absolute Gasteiger partial charge is 0.185 e. The molecule has 4 nitrogen and oxygen atoms in total. The summed E-state index contributed by atoms with van der Waals surface area (Å²) < 4.78 is 6.19. The topological polar surface area (TPSA) is 49.2 Å². The molecule has 1 aromatic carbocycles. The largest absolute Gasteiger partial charge is 0.467 e. The van der Waals surface area contributed by atoms with Crippen molar-refractivity contribution >= 4 is 38.9 Å². The predicted molar refractivity (Wildman–Crippen MR) is 79.0 cm³/mol. The van der Waals surface area contributed by atoms with Crippen molar-refractivity contribution in [1.82, 2.24) is 10.7 Å². The van der Waals surface area contributed by atoms with Crippen molar-refractivity contribution in [2.75, 3.05) is 5.43 Å². The zero-order valence-corrected chi connectivity index (χ0v) is 11.8. The maximum absolute atomic E-state index is 5.19. The minimum Gasteiger partial charge on any atom is -0.467 e. The quantitative estimate of drug-likeness (QED) is 0.596. The van der Waals surface area contributed by atoms with Gasteiger partial charge in [-0.1, -0.05) is 22.0 Å². The molecule has 0 spiro atoms. The molecule has 1 heterocycles. The summed E-state index contributed by atoms with van der Waals surface area (Å²) in [5.41, 5.74) is 6.82. The Balaban J connectivity index is 1.75. The van der Waals surface area contributed by atoms with E-state index in [1.54, 1.807) is 6.26 Å². The van der Waals surface area contributed by atoms with Crippen LogP contribution in [0.1, 0.15) is 5.76 Å². The highest BCUT2D eigenvalue weighted by Crippen LogP contribution is 2.14. The molecule has 0 fully saturated rings. The van der Waals surface area contributed by atoms with Gasteiger partial charge in [-0.3, -0.25) is 10.9 Å². The van der Waals surface area contributed by atoms with Gasteiger partial charge in [0.05, 0.1) is 18.5 Å². The van der Waals surface area contributed by atoms with E-state index in [2.05, 4.69) is 32.1 Å². The van der Waals surface area contributed by atoms with Crippen molar-refractivity contribution in [3.05, 3.63) is 52.9 Å². The van der Waals surface area contributed by atoms with Gasteiger partial charge in [0.15, 0.2) is 5.11 Å². The standard InChI is InChI=1S/C12H12BrN3OS/c13-9-3-1-4-10(7-9)15-16-12(18)14-8-11-5-2-6-17-11/h1-7,15H,8H2,(H2,14,16,18). The average Bonchev–Trinajstić information content (AvgIpc) is 2.87. The molecular formula is C12H12BrN3OS. The van der Waals surface area contributed by atoms with Gasteiger partial charge in [-0.15, -0.1) is 0 Å². The molecule has 3 N–H and O–H groups in total. The Kier molecular flexibility index (Phi) is 4.60. The van der Waals surface area contributed by atoms with E-state index in [1.165, 1.54) is 0 Å². The Hall–Kier alpha value is -1.53. The van der Waals surface area contributed by atoms with E-state index in [1.807, 2.05) is 36.4 Å². The summed E-state index contributed by atoms with van der Waals surface area (Å²) in [7, 11) is 0. The van der Waals surface area contributed by atoms with Crippen LogP contribution in [0.25, 0.3) is 0 Å². The molecule has 0 bridgehead atoms. The summed E-state index contributed by atoms with van der Waals surface area (Å²) in [6.45, 7) is 0.555. The van der Waals surface area contributed by atoms with E-state index in [0.717, 1.165) is 15.9 Å². The predicted octanol–water partition coefficient (Wildman–Crippen LogP) is 3.03. The molecule has 0 saturated carbocycles. The van der Waals surface area contributed by atoms with E-state index in [9.17, 15) is 0 Å². The number of hydrazine groups is 1. The third-order valence-electron chi connectivity index (χ3n) is 2.15. The van der Waals surface area contributed by atoms with Crippen molar-refractivity contribution in [3.63, 3.8) is 0 Å². The van der Waals surface area contributed by atoms with Gasteiger partial charge < -0.3 is 9.73 Å². The molecule has 0 radical (unpaired) electrons. The Morgan fingerprint density at radius 2 is 2.17 bits per heavy atom. The van der Waals surface area contributed by atoms with Crippen LogP contribution in [0, 0.1) is 0 Å². The molecule has 0 atom stereocenters. The minimum atomic E-state index is 0.506. The maximum Gasteiger partial charge on any atom is 0.185 e. The van der Waals surface area contributed by atoms with Gasteiger partial charge in [0.2, 0.25) is 0 Å². The van der Waals surface area contributed by atoms with E-state index in [4.69, 9.17) is 16.6 Å². The Morgan fingerprint density at radius 1 is 1.28 bits per heavy atom. The summed E-state index contributed by atoms with van der Waals surface area (Å²) >= 11 is 8.52. The van der Waals surface area contributed by atoms with Crippen molar-refractivity contribution in [2.45, 2.75) is 6.54 Å². The lowest BCUT2D eigenvalue weighted by Crippen LogP contribution is -2.38. The molecule has 0 amide bonds. The van der Waals surface area contributed by atoms with Crippen LogP contribution in [-0.2, 0) is 6.54 Å². The first-order valence-corrected chi connectivity index (χ1v) is 6.52. The van der Waals surface area contributed by atoms with Gasteiger partial charge in [-0.2, -0.15) is 0 Å². The van der Waals surface area contributed by atoms with E-state index in [0.29, 0.717) is 11.7 Å². The second kappa shape index (κ2) is 6.42. The molecule has 6 heteroatoms. The number of nitrogens with one attached hydrogen (secondary N) is 3. The highest BCUT2D eigenvalue weighted by molar-refractivity contribution is 9.10. The number of thiocarbonyl (C=S) groups is 1. The first-order chi connectivity index (χ1) is 8.74. The van der Waals surface area contributed by atoms with Gasteiger partial charge in [-0.25, -0.2) is 0 Å². The fourth-order valence-electron chi connectivity index (χ4n) is 1.32. The van der Waals surface area contributed by atoms with Crippen molar-refractivity contribution < 1.29 is 4.42 Å². The van der Waals surface area contributed by atoms with Crippen LogP contribution in [0.2, 0.25) is 0 Å². The Labute approximate surface area is 119 Å².